The number of nitrogens with one attached hydrogen (secondary N) is 1. The second-order valence-electron chi connectivity index (χ2n) is 7.90. The van der Waals surface area contributed by atoms with Gasteiger partial charge in [0.15, 0.2) is 5.82 Å². The molecule has 1 aromatic heterocycles. The Balaban J connectivity index is 1.55. The number of benzene rings is 2. The van der Waals surface area contributed by atoms with Crippen molar-refractivity contribution in [2.45, 2.75) is 37.5 Å². The van der Waals surface area contributed by atoms with Crippen molar-refractivity contribution >= 4 is 44.7 Å². The smallest absolute Gasteiger partial charge is 0.263 e. The first-order valence-electron chi connectivity index (χ1n) is 10.5. The fraction of sp³-hybridized carbons (Fsp3) is 0.304. The van der Waals surface area contributed by atoms with Crippen LogP contribution in [0.1, 0.15) is 31.2 Å². The first-order valence-corrected chi connectivity index (χ1v) is 12.7. The minimum Gasteiger partial charge on any atom is -0.355 e. The Bertz CT molecular complexity index is 1210. The molecule has 6 nitrogen and oxygen atoms in total. The molecule has 9 heteroatoms. The van der Waals surface area contributed by atoms with Crippen LogP contribution in [0.4, 0.5) is 11.5 Å². The Morgan fingerprint density at radius 1 is 0.906 bits per heavy atom. The molecule has 1 N–H and O–H groups in total. The fourth-order valence-electron chi connectivity index (χ4n) is 3.74. The van der Waals surface area contributed by atoms with Crippen molar-refractivity contribution in [1.82, 2.24) is 10.2 Å². The third-order valence-corrected chi connectivity index (χ3v) is 7.75. The summed E-state index contributed by atoms with van der Waals surface area (Å²) in [5.41, 5.74) is 2.47. The highest BCUT2D eigenvalue weighted by Crippen LogP contribution is 2.30. The van der Waals surface area contributed by atoms with Gasteiger partial charge in [0, 0.05) is 29.4 Å². The van der Waals surface area contributed by atoms with Gasteiger partial charge in [0.2, 0.25) is 0 Å². The fourth-order valence-corrected chi connectivity index (χ4v) is 5.62. The number of sulfonamides is 1. The lowest BCUT2D eigenvalue weighted by Crippen LogP contribution is -2.25. The van der Waals surface area contributed by atoms with Gasteiger partial charge >= 0.3 is 0 Å². The van der Waals surface area contributed by atoms with Crippen molar-refractivity contribution in [2.75, 3.05) is 22.7 Å². The molecule has 0 saturated carbocycles. The third-order valence-electron chi connectivity index (χ3n) is 5.49. The topological polar surface area (TPSA) is 75.2 Å². The number of hydrogen-bond donors (Lipinski definition) is 1. The summed E-state index contributed by atoms with van der Waals surface area (Å²) in [5.74, 6) is 0.875. The number of hydrogen-bond acceptors (Lipinski definition) is 5. The molecule has 2 heterocycles. The number of aryl methyl sites for hydroxylation is 1. The van der Waals surface area contributed by atoms with E-state index < -0.39 is 10.0 Å². The Hall–Kier alpha value is -2.35. The van der Waals surface area contributed by atoms with Gasteiger partial charge in [0.25, 0.3) is 10.0 Å². The molecule has 0 radical (unpaired) electrons. The summed E-state index contributed by atoms with van der Waals surface area (Å²) >= 11 is 12.2. The average Bonchev–Trinajstić information content (AvgIpc) is 3.06. The lowest BCUT2D eigenvalue weighted by Gasteiger charge is -2.20. The van der Waals surface area contributed by atoms with E-state index in [1.165, 1.54) is 37.8 Å². The van der Waals surface area contributed by atoms with Crippen LogP contribution in [0.5, 0.6) is 0 Å². The first-order chi connectivity index (χ1) is 15.3. The van der Waals surface area contributed by atoms with Gasteiger partial charge < -0.3 is 4.90 Å². The van der Waals surface area contributed by atoms with Crippen LogP contribution in [-0.4, -0.2) is 31.7 Å². The second-order valence-corrected chi connectivity index (χ2v) is 10.4. The summed E-state index contributed by atoms with van der Waals surface area (Å²) in [6, 6.07) is 13.8. The van der Waals surface area contributed by atoms with E-state index in [1.807, 2.05) is 18.2 Å². The molecule has 4 rings (SSSR count). The molecule has 1 aliphatic heterocycles. The van der Waals surface area contributed by atoms with E-state index in [1.54, 1.807) is 25.1 Å². The van der Waals surface area contributed by atoms with Crippen LogP contribution in [0.2, 0.25) is 10.0 Å². The van der Waals surface area contributed by atoms with Crippen molar-refractivity contribution in [3.63, 3.8) is 0 Å². The largest absolute Gasteiger partial charge is 0.355 e. The standard InChI is InChI=1S/C23H24Cl2N4O2S/c1-16-13-22(20(25)15-19(16)24)32(30,31)28-18-8-6-7-17(14-18)21-9-10-23(27-26-21)29-11-4-2-3-5-12-29/h6-10,13-15,28H,2-5,11-12H2,1H3. The van der Waals surface area contributed by atoms with Crippen LogP contribution in [0.3, 0.4) is 0 Å². The van der Waals surface area contributed by atoms with Crippen LogP contribution in [0.25, 0.3) is 11.3 Å². The van der Waals surface area contributed by atoms with Crippen molar-refractivity contribution in [1.29, 1.82) is 0 Å². The molecule has 2 aromatic carbocycles. The van der Waals surface area contributed by atoms with Crippen molar-refractivity contribution in [2.24, 2.45) is 0 Å². The Morgan fingerprint density at radius 2 is 1.66 bits per heavy atom. The molecule has 168 valence electrons. The minimum atomic E-state index is -3.89. The molecular weight excluding hydrogens is 467 g/mol. The van der Waals surface area contributed by atoms with Gasteiger partial charge in [0.1, 0.15) is 4.90 Å². The van der Waals surface area contributed by atoms with Crippen molar-refractivity contribution < 1.29 is 8.42 Å². The zero-order chi connectivity index (χ0) is 22.7. The molecule has 1 saturated heterocycles. The summed E-state index contributed by atoms with van der Waals surface area (Å²) < 4.78 is 28.4. The molecule has 0 bridgehead atoms. The Morgan fingerprint density at radius 3 is 2.34 bits per heavy atom. The zero-order valence-electron chi connectivity index (χ0n) is 17.7. The molecule has 1 aliphatic rings. The summed E-state index contributed by atoms with van der Waals surface area (Å²) in [6.07, 6.45) is 4.85. The molecular formula is C23H24Cl2N4O2S. The summed E-state index contributed by atoms with van der Waals surface area (Å²) in [6.45, 7) is 3.72. The molecule has 0 spiro atoms. The van der Waals surface area contributed by atoms with Gasteiger partial charge in [-0.15, -0.1) is 10.2 Å². The van der Waals surface area contributed by atoms with E-state index in [0.29, 0.717) is 22.0 Å². The maximum Gasteiger partial charge on any atom is 0.263 e. The number of nitrogens with zero attached hydrogens (tertiary/aromatic N) is 3. The average molecular weight is 491 g/mol. The predicted octanol–water partition coefficient (Wildman–Crippen LogP) is 5.94. The van der Waals surface area contributed by atoms with E-state index in [-0.39, 0.29) is 9.92 Å². The van der Waals surface area contributed by atoms with Crippen LogP contribution in [0.15, 0.2) is 53.4 Å². The van der Waals surface area contributed by atoms with E-state index in [0.717, 1.165) is 24.5 Å². The van der Waals surface area contributed by atoms with E-state index in [9.17, 15) is 8.42 Å². The third kappa shape index (κ3) is 5.17. The van der Waals surface area contributed by atoms with Crippen molar-refractivity contribution in [3.05, 3.63) is 64.1 Å². The maximum atomic E-state index is 12.9. The van der Waals surface area contributed by atoms with Crippen LogP contribution in [0, 0.1) is 6.92 Å². The summed E-state index contributed by atoms with van der Waals surface area (Å²) in [5, 5.41) is 9.27. The highest BCUT2D eigenvalue weighted by Gasteiger charge is 2.20. The highest BCUT2D eigenvalue weighted by molar-refractivity contribution is 7.92. The maximum absolute atomic E-state index is 12.9. The summed E-state index contributed by atoms with van der Waals surface area (Å²) in [7, 11) is -3.89. The molecule has 3 aromatic rings. The SMILES string of the molecule is Cc1cc(S(=O)(=O)Nc2cccc(-c3ccc(N4CCCCCC4)nn3)c2)c(Cl)cc1Cl. The molecule has 0 unspecified atom stereocenters. The number of anilines is 2. The quantitative estimate of drug-likeness (QED) is 0.478. The molecule has 0 amide bonds. The predicted molar refractivity (Wildman–Crippen MR) is 130 cm³/mol. The van der Waals surface area contributed by atoms with Gasteiger partial charge in [-0.2, -0.15) is 0 Å². The normalized spacial score (nSPS) is 14.8. The van der Waals surface area contributed by atoms with E-state index in [2.05, 4.69) is 19.8 Å². The lowest BCUT2D eigenvalue weighted by atomic mass is 10.1. The lowest BCUT2D eigenvalue weighted by molar-refractivity contribution is 0.601. The Kier molecular flexibility index (Phi) is 6.88. The molecule has 0 atom stereocenters. The van der Waals surface area contributed by atoms with Crippen molar-refractivity contribution in [3.8, 4) is 11.3 Å². The zero-order valence-corrected chi connectivity index (χ0v) is 20.0. The minimum absolute atomic E-state index is 0.0203. The highest BCUT2D eigenvalue weighted by atomic mass is 35.5. The monoisotopic (exact) mass is 490 g/mol. The van der Waals surface area contributed by atoms with Crippen LogP contribution < -0.4 is 9.62 Å². The van der Waals surface area contributed by atoms with Gasteiger partial charge in [-0.3, -0.25) is 4.72 Å². The number of halogens is 2. The van der Waals surface area contributed by atoms with Gasteiger partial charge in [-0.1, -0.05) is 48.2 Å². The molecule has 32 heavy (non-hydrogen) atoms. The Labute approximate surface area is 198 Å². The first kappa shape index (κ1) is 22.8. The van der Waals surface area contributed by atoms with Gasteiger partial charge in [0.05, 0.1) is 10.7 Å². The van der Waals surface area contributed by atoms with E-state index >= 15 is 0 Å². The van der Waals surface area contributed by atoms with Gasteiger partial charge in [-0.25, -0.2) is 8.42 Å². The van der Waals surface area contributed by atoms with Gasteiger partial charge in [-0.05, 0) is 61.7 Å². The summed E-state index contributed by atoms with van der Waals surface area (Å²) in [4.78, 5) is 2.25. The van der Waals surface area contributed by atoms with Crippen LogP contribution in [-0.2, 0) is 10.0 Å². The molecule has 1 fully saturated rings. The number of rotatable bonds is 5. The molecule has 0 aliphatic carbocycles. The second kappa shape index (κ2) is 9.65. The van der Waals surface area contributed by atoms with Crippen LogP contribution >= 0.6 is 23.2 Å². The van der Waals surface area contributed by atoms with E-state index in [4.69, 9.17) is 23.2 Å². The number of aromatic nitrogens is 2.